The molecule has 2 heterocycles. The summed E-state index contributed by atoms with van der Waals surface area (Å²) in [6, 6.07) is 0. The van der Waals surface area contributed by atoms with Gasteiger partial charge in [-0.2, -0.15) is 0 Å². The second kappa shape index (κ2) is 2.94. The van der Waals surface area contributed by atoms with E-state index in [-0.39, 0.29) is 6.29 Å². The number of rotatable bonds is 1. The van der Waals surface area contributed by atoms with Gasteiger partial charge in [-0.15, -0.1) is 0 Å². The van der Waals surface area contributed by atoms with Crippen LogP contribution in [0.4, 0.5) is 0 Å². The van der Waals surface area contributed by atoms with Crippen LogP contribution in [0.1, 0.15) is 11.9 Å². The minimum atomic E-state index is -0.254. The van der Waals surface area contributed by atoms with Crippen LogP contribution in [0.2, 0.25) is 0 Å². The highest BCUT2D eigenvalue weighted by Gasteiger charge is 2.17. The summed E-state index contributed by atoms with van der Waals surface area (Å²) in [7, 11) is 0. The van der Waals surface area contributed by atoms with Gasteiger partial charge in [0.1, 0.15) is 6.33 Å². The Morgan fingerprint density at radius 1 is 1.18 bits per heavy atom. The third-order valence-corrected chi connectivity index (χ3v) is 1.47. The van der Waals surface area contributed by atoms with E-state index in [9.17, 15) is 0 Å². The third-order valence-electron chi connectivity index (χ3n) is 1.47. The molecule has 1 aliphatic heterocycles. The molecule has 0 unspecified atom stereocenters. The van der Waals surface area contributed by atoms with Gasteiger partial charge in [0.15, 0.2) is 6.29 Å². The van der Waals surface area contributed by atoms with E-state index in [4.69, 9.17) is 9.47 Å². The minimum absolute atomic E-state index is 0.254. The van der Waals surface area contributed by atoms with E-state index in [2.05, 4.69) is 9.97 Å². The van der Waals surface area contributed by atoms with Crippen LogP contribution in [0, 0.1) is 0 Å². The molecule has 4 nitrogen and oxygen atoms in total. The van der Waals surface area contributed by atoms with Crippen molar-refractivity contribution in [2.75, 3.05) is 13.2 Å². The molecule has 0 bridgehead atoms. The van der Waals surface area contributed by atoms with E-state index in [0.717, 1.165) is 5.56 Å². The van der Waals surface area contributed by atoms with E-state index in [1.807, 2.05) is 0 Å². The molecular weight excluding hydrogens is 144 g/mol. The van der Waals surface area contributed by atoms with Gasteiger partial charge >= 0.3 is 0 Å². The fourth-order valence-electron chi connectivity index (χ4n) is 0.983. The standard InChI is InChI=1S/C7H8N2O2/c1-2-11-7(10-1)6-3-8-5-9-4-6/h3-5,7H,1-2H2. The maximum Gasteiger partial charge on any atom is 0.186 e. The number of hydrogen-bond donors (Lipinski definition) is 0. The molecule has 1 aliphatic rings. The van der Waals surface area contributed by atoms with Crippen LogP contribution in [-0.2, 0) is 9.47 Å². The van der Waals surface area contributed by atoms with Gasteiger partial charge in [0.25, 0.3) is 0 Å². The largest absolute Gasteiger partial charge is 0.346 e. The zero-order valence-corrected chi connectivity index (χ0v) is 5.93. The molecule has 1 aromatic rings. The Morgan fingerprint density at radius 3 is 2.45 bits per heavy atom. The Kier molecular flexibility index (Phi) is 1.79. The first-order valence-corrected chi connectivity index (χ1v) is 3.45. The van der Waals surface area contributed by atoms with Crippen LogP contribution in [0.25, 0.3) is 0 Å². The summed E-state index contributed by atoms with van der Waals surface area (Å²) in [5.41, 5.74) is 0.880. The lowest BCUT2D eigenvalue weighted by atomic mass is 10.3. The number of nitrogens with zero attached hydrogens (tertiary/aromatic N) is 2. The van der Waals surface area contributed by atoms with Gasteiger partial charge < -0.3 is 9.47 Å². The van der Waals surface area contributed by atoms with Crippen LogP contribution < -0.4 is 0 Å². The van der Waals surface area contributed by atoms with Crippen LogP contribution in [0.15, 0.2) is 18.7 Å². The first-order valence-electron chi connectivity index (χ1n) is 3.45. The molecule has 0 saturated carbocycles. The van der Waals surface area contributed by atoms with E-state index >= 15 is 0 Å². The smallest absolute Gasteiger partial charge is 0.186 e. The zero-order valence-electron chi connectivity index (χ0n) is 5.93. The first kappa shape index (κ1) is 6.69. The fourth-order valence-corrected chi connectivity index (χ4v) is 0.983. The van der Waals surface area contributed by atoms with Crippen molar-refractivity contribution >= 4 is 0 Å². The highest BCUT2D eigenvalue weighted by molar-refractivity contribution is 5.04. The molecule has 1 aromatic heterocycles. The average molecular weight is 152 g/mol. The minimum Gasteiger partial charge on any atom is -0.346 e. The van der Waals surface area contributed by atoms with Gasteiger partial charge in [-0.1, -0.05) is 0 Å². The molecule has 0 spiro atoms. The Morgan fingerprint density at radius 2 is 1.82 bits per heavy atom. The normalized spacial score (nSPS) is 18.9. The van der Waals surface area contributed by atoms with E-state index in [1.54, 1.807) is 12.4 Å². The van der Waals surface area contributed by atoms with Crippen LogP contribution in [0.5, 0.6) is 0 Å². The molecule has 2 rings (SSSR count). The third kappa shape index (κ3) is 1.36. The van der Waals surface area contributed by atoms with Crippen molar-refractivity contribution in [2.24, 2.45) is 0 Å². The highest BCUT2D eigenvalue weighted by Crippen LogP contribution is 2.20. The Hall–Kier alpha value is -1.00. The summed E-state index contributed by atoms with van der Waals surface area (Å²) in [6.07, 6.45) is 4.63. The van der Waals surface area contributed by atoms with Gasteiger partial charge in [0.2, 0.25) is 0 Å². The van der Waals surface area contributed by atoms with Crippen molar-refractivity contribution in [3.63, 3.8) is 0 Å². The van der Waals surface area contributed by atoms with Crippen molar-refractivity contribution in [3.8, 4) is 0 Å². The topological polar surface area (TPSA) is 44.2 Å². The summed E-state index contributed by atoms with van der Waals surface area (Å²) >= 11 is 0. The fraction of sp³-hybridized carbons (Fsp3) is 0.429. The van der Waals surface area contributed by atoms with Crippen molar-refractivity contribution in [1.82, 2.24) is 9.97 Å². The van der Waals surface area contributed by atoms with Gasteiger partial charge in [0.05, 0.1) is 13.2 Å². The Balaban J connectivity index is 2.16. The monoisotopic (exact) mass is 152 g/mol. The predicted octanol–water partition coefficient (Wildman–Crippen LogP) is 0.522. The summed E-state index contributed by atoms with van der Waals surface area (Å²) in [5, 5.41) is 0. The zero-order chi connectivity index (χ0) is 7.52. The van der Waals surface area contributed by atoms with Gasteiger partial charge in [-0.25, -0.2) is 9.97 Å². The van der Waals surface area contributed by atoms with Crippen LogP contribution in [-0.4, -0.2) is 23.2 Å². The van der Waals surface area contributed by atoms with Crippen molar-refractivity contribution < 1.29 is 9.47 Å². The molecule has 58 valence electrons. The quantitative estimate of drug-likeness (QED) is 0.588. The van der Waals surface area contributed by atoms with Gasteiger partial charge in [-0.3, -0.25) is 0 Å². The average Bonchev–Trinajstić information content (AvgIpc) is 2.58. The van der Waals surface area contributed by atoms with Crippen LogP contribution >= 0.6 is 0 Å². The van der Waals surface area contributed by atoms with Crippen molar-refractivity contribution in [3.05, 3.63) is 24.3 Å². The summed E-state index contributed by atoms with van der Waals surface area (Å²) < 4.78 is 10.5. The maximum atomic E-state index is 5.24. The molecular formula is C7H8N2O2. The predicted molar refractivity (Wildman–Crippen MR) is 36.7 cm³/mol. The lowest BCUT2D eigenvalue weighted by molar-refractivity contribution is -0.0445. The molecule has 0 amide bonds. The first-order chi connectivity index (χ1) is 5.47. The van der Waals surface area contributed by atoms with Crippen LogP contribution in [0.3, 0.4) is 0 Å². The highest BCUT2D eigenvalue weighted by atomic mass is 16.7. The van der Waals surface area contributed by atoms with Gasteiger partial charge in [0, 0.05) is 18.0 Å². The second-order valence-corrected chi connectivity index (χ2v) is 2.25. The van der Waals surface area contributed by atoms with Crippen molar-refractivity contribution in [1.29, 1.82) is 0 Å². The molecule has 0 atom stereocenters. The molecule has 0 radical (unpaired) electrons. The molecule has 4 heteroatoms. The van der Waals surface area contributed by atoms with E-state index in [0.29, 0.717) is 13.2 Å². The summed E-state index contributed by atoms with van der Waals surface area (Å²) in [5.74, 6) is 0. The summed E-state index contributed by atoms with van der Waals surface area (Å²) in [6.45, 7) is 1.30. The summed E-state index contributed by atoms with van der Waals surface area (Å²) in [4.78, 5) is 7.72. The lowest BCUT2D eigenvalue weighted by Crippen LogP contribution is -1.98. The van der Waals surface area contributed by atoms with E-state index < -0.39 is 0 Å². The molecule has 1 saturated heterocycles. The molecule has 11 heavy (non-hydrogen) atoms. The number of ether oxygens (including phenoxy) is 2. The van der Waals surface area contributed by atoms with E-state index in [1.165, 1.54) is 6.33 Å². The second-order valence-electron chi connectivity index (χ2n) is 2.25. The van der Waals surface area contributed by atoms with Crippen molar-refractivity contribution in [2.45, 2.75) is 6.29 Å². The molecule has 0 N–H and O–H groups in total. The Bertz CT molecular complexity index is 221. The maximum absolute atomic E-state index is 5.24. The molecule has 0 aromatic carbocycles. The molecule has 1 fully saturated rings. The number of aromatic nitrogens is 2. The Labute approximate surface area is 64.2 Å². The molecule has 0 aliphatic carbocycles. The van der Waals surface area contributed by atoms with Gasteiger partial charge in [-0.05, 0) is 0 Å². The SMILES string of the molecule is c1ncc(C2OCCO2)cn1. The number of hydrogen-bond acceptors (Lipinski definition) is 4. The lowest BCUT2D eigenvalue weighted by Gasteiger charge is -2.06.